The molecule has 0 bridgehead atoms. The topological polar surface area (TPSA) is 69.6 Å². The summed E-state index contributed by atoms with van der Waals surface area (Å²) in [7, 11) is 1.76. The van der Waals surface area contributed by atoms with Gasteiger partial charge in [0.1, 0.15) is 6.29 Å². The molecule has 0 aromatic rings. The minimum absolute atomic E-state index is 0.0939. The smallest absolute Gasteiger partial charge is 0.408 e. The zero-order valence-corrected chi connectivity index (χ0v) is 10.6. The van der Waals surface area contributed by atoms with Crippen molar-refractivity contribution in [2.45, 2.75) is 32.6 Å². The number of hydrogen-bond acceptors (Lipinski definition) is 3. The maximum atomic E-state index is 10.8. The van der Waals surface area contributed by atoms with E-state index in [2.05, 4.69) is 12.2 Å². The number of likely N-dealkylation sites (N-methyl/N-ethyl adjacent to an activating group) is 1. The number of carbonyl (C=O) groups excluding carboxylic acids is 1. The van der Waals surface area contributed by atoms with Crippen molar-refractivity contribution in [3.05, 3.63) is 11.8 Å². The molecular formula is C12H22N2O3. The SMILES string of the molecule is CCCCC/C=C(\CN(CC=O)C(=O)O)NC. The standard InChI is InChI=1S/C12H22N2O3/c1-3-4-5-6-7-11(13-2)10-14(8-9-15)12(16)17/h7,9,13H,3-6,8,10H2,1-2H3,(H,16,17)/b11-7+. The Hall–Kier alpha value is -1.52. The number of carboxylic acid groups (broad SMARTS) is 1. The van der Waals surface area contributed by atoms with E-state index in [9.17, 15) is 9.59 Å². The first-order valence-electron chi connectivity index (χ1n) is 5.94. The van der Waals surface area contributed by atoms with Gasteiger partial charge >= 0.3 is 6.09 Å². The Morgan fingerprint density at radius 1 is 1.41 bits per heavy atom. The minimum Gasteiger partial charge on any atom is -0.465 e. The van der Waals surface area contributed by atoms with Crippen molar-refractivity contribution in [1.29, 1.82) is 0 Å². The second-order valence-electron chi connectivity index (χ2n) is 3.80. The van der Waals surface area contributed by atoms with Gasteiger partial charge in [-0.2, -0.15) is 0 Å². The van der Waals surface area contributed by atoms with Crippen LogP contribution in [0.25, 0.3) is 0 Å². The maximum Gasteiger partial charge on any atom is 0.408 e. The molecule has 1 amide bonds. The van der Waals surface area contributed by atoms with Crippen molar-refractivity contribution in [2.75, 3.05) is 20.1 Å². The summed E-state index contributed by atoms with van der Waals surface area (Å²) >= 11 is 0. The summed E-state index contributed by atoms with van der Waals surface area (Å²) in [6.07, 6.45) is 5.88. The van der Waals surface area contributed by atoms with Crippen LogP contribution in [0, 0.1) is 0 Å². The lowest BCUT2D eigenvalue weighted by molar-refractivity contribution is -0.108. The fourth-order valence-corrected chi connectivity index (χ4v) is 1.42. The van der Waals surface area contributed by atoms with Gasteiger partial charge in [0.15, 0.2) is 0 Å². The number of unbranched alkanes of at least 4 members (excludes halogenated alkanes) is 3. The summed E-state index contributed by atoms with van der Waals surface area (Å²) in [5.41, 5.74) is 0.838. The summed E-state index contributed by atoms with van der Waals surface area (Å²) in [6.45, 7) is 2.28. The van der Waals surface area contributed by atoms with Crippen LogP contribution in [0.5, 0.6) is 0 Å². The van der Waals surface area contributed by atoms with E-state index in [4.69, 9.17) is 5.11 Å². The van der Waals surface area contributed by atoms with Gasteiger partial charge in [0.2, 0.25) is 0 Å². The quantitative estimate of drug-likeness (QED) is 0.478. The number of hydrogen-bond donors (Lipinski definition) is 2. The molecule has 0 aliphatic carbocycles. The highest BCUT2D eigenvalue weighted by atomic mass is 16.4. The van der Waals surface area contributed by atoms with E-state index in [0.717, 1.165) is 29.9 Å². The van der Waals surface area contributed by atoms with Crippen LogP contribution >= 0.6 is 0 Å². The lowest BCUT2D eigenvalue weighted by atomic mass is 10.2. The predicted molar refractivity (Wildman–Crippen MR) is 66.9 cm³/mol. The van der Waals surface area contributed by atoms with E-state index in [1.165, 1.54) is 6.42 Å². The monoisotopic (exact) mass is 242 g/mol. The second kappa shape index (κ2) is 9.69. The molecule has 2 N–H and O–H groups in total. The van der Waals surface area contributed by atoms with Crippen LogP contribution < -0.4 is 5.32 Å². The Morgan fingerprint density at radius 3 is 2.59 bits per heavy atom. The highest BCUT2D eigenvalue weighted by Crippen LogP contribution is 2.03. The number of carbonyl (C=O) groups is 2. The van der Waals surface area contributed by atoms with Gasteiger partial charge in [0.25, 0.3) is 0 Å². The van der Waals surface area contributed by atoms with Crippen LogP contribution in [0.3, 0.4) is 0 Å². The third-order valence-corrected chi connectivity index (χ3v) is 2.45. The molecule has 5 nitrogen and oxygen atoms in total. The lowest BCUT2D eigenvalue weighted by Crippen LogP contribution is -2.35. The van der Waals surface area contributed by atoms with Crippen LogP contribution in [0.4, 0.5) is 4.79 Å². The Morgan fingerprint density at radius 2 is 2.12 bits per heavy atom. The number of nitrogens with zero attached hydrogens (tertiary/aromatic N) is 1. The van der Waals surface area contributed by atoms with E-state index in [1.54, 1.807) is 7.05 Å². The highest BCUT2D eigenvalue weighted by molar-refractivity contribution is 5.69. The molecule has 0 spiro atoms. The van der Waals surface area contributed by atoms with Gasteiger partial charge in [0.05, 0.1) is 13.1 Å². The Bertz CT molecular complexity index is 264. The number of aldehydes is 1. The number of allylic oxidation sites excluding steroid dienone is 1. The van der Waals surface area contributed by atoms with Crippen LogP contribution in [0.15, 0.2) is 11.8 Å². The van der Waals surface area contributed by atoms with Crippen LogP contribution in [0.1, 0.15) is 32.6 Å². The fourth-order valence-electron chi connectivity index (χ4n) is 1.42. The molecule has 0 rings (SSSR count). The van der Waals surface area contributed by atoms with Crippen molar-refractivity contribution in [3.63, 3.8) is 0 Å². The number of nitrogens with one attached hydrogen (secondary N) is 1. The Balaban J connectivity index is 4.24. The van der Waals surface area contributed by atoms with Crippen molar-refractivity contribution < 1.29 is 14.7 Å². The first kappa shape index (κ1) is 15.5. The molecule has 0 fully saturated rings. The molecule has 0 radical (unpaired) electrons. The van der Waals surface area contributed by atoms with E-state index in [1.807, 2.05) is 6.08 Å². The molecule has 0 aliphatic heterocycles. The predicted octanol–water partition coefficient (Wildman–Crippen LogP) is 1.85. The van der Waals surface area contributed by atoms with E-state index < -0.39 is 6.09 Å². The van der Waals surface area contributed by atoms with Crippen LogP contribution in [0.2, 0.25) is 0 Å². The van der Waals surface area contributed by atoms with E-state index >= 15 is 0 Å². The lowest BCUT2D eigenvalue weighted by Gasteiger charge is -2.18. The summed E-state index contributed by atoms with van der Waals surface area (Å²) in [4.78, 5) is 22.3. The molecule has 17 heavy (non-hydrogen) atoms. The summed E-state index contributed by atoms with van der Waals surface area (Å²) < 4.78 is 0. The average molecular weight is 242 g/mol. The molecule has 5 heteroatoms. The highest BCUT2D eigenvalue weighted by Gasteiger charge is 2.11. The van der Waals surface area contributed by atoms with Gasteiger partial charge < -0.3 is 15.2 Å². The van der Waals surface area contributed by atoms with Gasteiger partial charge in [-0.3, -0.25) is 4.90 Å². The largest absolute Gasteiger partial charge is 0.465 e. The molecule has 0 aromatic carbocycles. The summed E-state index contributed by atoms with van der Waals surface area (Å²) in [6, 6.07) is 0. The average Bonchev–Trinajstić information content (AvgIpc) is 2.31. The third-order valence-electron chi connectivity index (χ3n) is 2.45. The Kier molecular flexibility index (Phi) is 8.82. The van der Waals surface area contributed by atoms with E-state index in [0.29, 0.717) is 6.29 Å². The second-order valence-corrected chi connectivity index (χ2v) is 3.80. The molecule has 0 heterocycles. The van der Waals surface area contributed by atoms with Gasteiger partial charge in [-0.05, 0) is 12.8 Å². The molecular weight excluding hydrogens is 220 g/mol. The Labute approximate surface area is 102 Å². The van der Waals surface area contributed by atoms with Gasteiger partial charge in [-0.15, -0.1) is 0 Å². The number of amides is 1. The molecule has 0 saturated carbocycles. The van der Waals surface area contributed by atoms with Crippen molar-refractivity contribution in [3.8, 4) is 0 Å². The van der Waals surface area contributed by atoms with Crippen molar-refractivity contribution in [1.82, 2.24) is 10.2 Å². The summed E-state index contributed by atoms with van der Waals surface area (Å²) in [5, 5.41) is 11.8. The van der Waals surface area contributed by atoms with Crippen molar-refractivity contribution in [2.24, 2.45) is 0 Å². The molecule has 0 atom stereocenters. The third kappa shape index (κ3) is 7.38. The number of rotatable bonds is 9. The van der Waals surface area contributed by atoms with Crippen LogP contribution in [-0.4, -0.2) is 42.5 Å². The van der Waals surface area contributed by atoms with Crippen LogP contribution in [-0.2, 0) is 4.79 Å². The molecule has 98 valence electrons. The van der Waals surface area contributed by atoms with Gasteiger partial charge in [-0.25, -0.2) is 4.79 Å². The first-order chi connectivity index (χ1) is 8.15. The van der Waals surface area contributed by atoms with Gasteiger partial charge in [0, 0.05) is 12.7 Å². The maximum absolute atomic E-state index is 10.8. The molecule has 0 aliphatic rings. The fraction of sp³-hybridized carbons (Fsp3) is 0.667. The van der Waals surface area contributed by atoms with E-state index in [-0.39, 0.29) is 13.1 Å². The minimum atomic E-state index is -1.08. The molecule has 0 aromatic heterocycles. The van der Waals surface area contributed by atoms with Crippen molar-refractivity contribution >= 4 is 12.4 Å². The normalized spacial score (nSPS) is 11.1. The molecule has 0 saturated heterocycles. The zero-order valence-electron chi connectivity index (χ0n) is 10.6. The first-order valence-corrected chi connectivity index (χ1v) is 5.94. The summed E-state index contributed by atoms with van der Waals surface area (Å²) in [5.74, 6) is 0. The van der Waals surface area contributed by atoms with Gasteiger partial charge in [-0.1, -0.05) is 25.8 Å². The molecule has 0 unspecified atom stereocenters. The zero-order chi connectivity index (χ0) is 13.1.